The summed E-state index contributed by atoms with van der Waals surface area (Å²) >= 11 is 0.981. The minimum absolute atomic E-state index is 0.00376. The number of carboxylic acid groups (broad SMARTS) is 1. The molecular formula is C30H30N4O8S. The fraction of sp³-hybridized carbons (Fsp3) is 0.233. The molecule has 1 N–H and O–H groups in total. The number of nitro benzene ring substituents is 1. The van der Waals surface area contributed by atoms with Crippen molar-refractivity contribution in [2.24, 2.45) is 0 Å². The lowest BCUT2D eigenvalue weighted by Gasteiger charge is -2.13. The van der Waals surface area contributed by atoms with Crippen LogP contribution in [0.1, 0.15) is 25.0 Å². The molecule has 1 aromatic heterocycles. The zero-order valence-corrected chi connectivity index (χ0v) is 24.8. The van der Waals surface area contributed by atoms with Crippen LogP contribution in [-0.2, 0) is 17.9 Å². The Bertz CT molecular complexity index is 1610. The molecule has 0 aliphatic heterocycles. The Labute approximate surface area is 252 Å². The Hall–Kier alpha value is -5.04. The third kappa shape index (κ3) is 7.63. The van der Waals surface area contributed by atoms with Crippen molar-refractivity contribution < 1.29 is 33.8 Å². The Morgan fingerprint density at radius 3 is 2.26 bits per heavy atom. The molecule has 224 valence electrons. The fourth-order valence-corrected chi connectivity index (χ4v) is 4.95. The molecule has 0 saturated heterocycles. The van der Waals surface area contributed by atoms with Crippen LogP contribution in [-0.4, -0.2) is 51.6 Å². The van der Waals surface area contributed by atoms with Gasteiger partial charge in [-0.2, -0.15) is 0 Å². The smallest absolute Gasteiger partial charge is 0.342 e. The number of hydrogen-bond donors (Lipinski definition) is 1. The van der Waals surface area contributed by atoms with Crippen LogP contribution in [0.3, 0.4) is 0 Å². The van der Waals surface area contributed by atoms with E-state index >= 15 is 0 Å². The van der Waals surface area contributed by atoms with Gasteiger partial charge in [0, 0.05) is 30.3 Å². The number of aliphatic carboxylic acids is 1. The van der Waals surface area contributed by atoms with E-state index in [1.54, 1.807) is 50.6 Å². The summed E-state index contributed by atoms with van der Waals surface area (Å²) in [5.41, 5.74) is 2.03. The topological polar surface area (TPSA) is 148 Å². The highest BCUT2D eigenvalue weighted by Gasteiger charge is 2.20. The highest BCUT2D eigenvalue weighted by molar-refractivity contribution is 8.04. The number of hydrogen-bond acceptors (Lipinski definition) is 10. The third-order valence-corrected chi connectivity index (χ3v) is 7.16. The molecule has 0 fully saturated rings. The van der Waals surface area contributed by atoms with Crippen LogP contribution in [0.5, 0.6) is 23.0 Å². The van der Waals surface area contributed by atoms with Gasteiger partial charge >= 0.3 is 5.97 Å². The second-order valence-corrected chi connectivity index (χ2v) is 9.93. The van der Waals surface area contributed by atoms with Crippen LogP contribution in [0.15, 0.2) is 70.7 Å². The van der Waals surface area contributed by atoms with E-state index in [1.165, 1.54) is 18.2 Å². The molecule has 0 radical (unpaired) electrons. The molecule has 13 heteroatoms. The number of carbonyl (C=O) groups is 1. The lowest BCUT2D eigenvalue weighted by atomic mass is 10.2. The Morgan fingerprint density at radius 1 is 0.977 bits per heavy atom. The van der Waals surface area contributed by atoms with Gasteiger partial charge in [-0.05, 0) is 79.2 Å². The number of methoxy groups -OCH3 is 2. The highest BCUT2D eigenvalue weighted by Crippen LogP contribution is 2.35. The molecule has 0 amide bonds. The maximum atomic E-state index is 12.3. The SMILES string of the molecule is CCOc1cc(/C=C(\Sc2nnc(-c3cc(OC)cc(OC)c3)n2CC)C(=O)O)ccc1OCc1ccc([N+](=O)[O-])cc1. The van der Waals surface area contributed by atoms with Crippen LogP contribution in [0.4, 0.5) is 5.69 Å². The van der Waals surface area contributed by atoms with Crippen molar-refractivity contribution in [3.8, 4) is 34.4 Å². The second kappa shape index (κ2) is 14.2. The largest absolute Gasteiger partial charge is 0.497 e. The lowest BCUT2D eigenvalue weighted by molar-refractivity contribution is -0.384. The van der Waals surface area contributed by atoms with E-state index in [0.717, 1.165) is 17.3 Å². The van der Waals surface area contributed by atoms with Gasteiger partial charge in [-0.3, -0.25) is 10.1 Å². The molecule has 0 aliphatic rings. The Kier molecular flexibility index (Phi) is 10.2. The molecule has 0 spiro atoms. The van der Waals surface area contributed by atoms with Crippen LogP contribution in [0.25, 0.3) is 17.5 Å². The van der Waals surface area contributed by atoms with E-state index in [1.807, 2.05) is 30.5 Å². The molecule has 0 bridgehead atoms. The normalized spacial score (nSPS) is 11.2. The number of rotatable bonds is 14. The molecular weight excluding hydrogens is 576 g/mol. The molecule has 43 heavy (non-hydrogen) atoms. The van der Waals surface area contributed by atoms with E-state index in [4.69, 9.17) is 18.9 Å². The third-order valence-electron chi connectivity index (χ3n) is 6.16. The summed E-state index contributed by atoms with van der Waals surface area (Å²) in [4.78, 5) is 22.7. The Balaban J connectivity index is 1.59. The van der Waals surface area contributed by atoms with Crippen molar-refractivity contribution in [2.75, 3.05) is 20.8 Å². The molecule has 0 atom stereocenters. The van der Waals surface area contributed by atoms with Crippen molar-refractivity contribution in [1.82, 2.24) is 14.8 Å². The summed E-state index contributed by atoms with van der Waals surface area (Å²) in [5, 5.41) is 29.9. The summed E-state index contributed by atoms with van der Waals surface area (Å²) in [5.74, 6) is 1.47. The van der Waals surface area contributed by atoms with Gasteiger partial charge in [0.25, 0.3) is 5.69 Å². The van der Waals surface area contributed by atoms with Crippen molar-refractivity contribution >= 4 is 29.5 Å². The number of nitro groups is 1. The summed E-state index contributed by atoms with van der Waals surface area (Å²) < 4.78 is 24.2. The quantitative estimate of drug-likeness (QED) is 0.0770. The zero-order chi connectivity index (χ0) is 30.9. The number of thioether (sulfide) groups is 1. The first-order valence-electron chi connectivity index (χ1n) is 13.2. The lowest BCUT2D eigenvalue weighted by Crippen LogP contribution is -2.03. The van der Waals surface area contributed by atoms with Crippen molar-refractivity contribution in [1.29, 1.82) is 0 Å². The predicted molar refractivity (Wildman–Crippen MR) is 161 cm³/mol. The van der Waals surface area contributed by atoms with E-state index < -0.39 is 10.9 Å². The van der Waals surface area contributed by atoms with Crippen molar-refractivity contribution in [3.63, 3.8) is 0 Å². The standard InChI is InChI=1S/C30H30N4O8S/c1-5-33-28(21-15-23(39-3)17-24(16-21)40-4)31-32-30(33)43-27(29(35)36)14-20-9-12-25(26(13-20)41-6-2)42-18-19-7-10-22(11-8-19)34(37)38/h7-17H,5-6,18H2,1-4H3,(H,35,36)/b27-14-. The Morgan fingerprint density at radius 2 is 1.67 bits per heavy atom. The highest BCUT2D eigenvalue weighted by atomic mass is 32.2. The van der Waals surface area contributed by atoms with Crippen LogP contribution in [0.2, 0.25) is 0 Å². The summed E-state index contributed by atoms with van der Waals surface area (Å²) in [7, 11) is 3.12. The van der Waals surface area contributed by atoms with E-state index in [9.17, 15) is 20.0 Å². The molecule has 0 aliphatic carbocycles. The first kappa shape index (κ1) is 30.9. The van der Waals surface area contributed by atoms with E-state index in [0.29, 0.717) is 58.3 Å². The molecule has 1 heterocycles. The van der Waals surface area contributed by atoms with Crippen LogP contribution < -0.4 is 18.9 Å². The zero-order valence-electron chi connectivity index (χ0n) is 24.0. The minimum Gasteiger partial charge on any atom is -0.497 e. The number of ether oxygens (including phenoxy) is 4. The summed E-state index contributed by atoms with van der Waals surface area (Å²) in [6.45, 7) is 4.76. The van der Waals surface area contributed by atoms with Crippen molar-refractivity contribution in [2.45, 2.75) is 32.2 Å². The van der Waals surface area contributed by atoms with Gasteiger partial charge in [0.1, 0.15) is 23.0 Å². The molecule has 0 saturated carbocycles. The van der Waals surface area contributed by atoms with Crippen molar-refractivity contribution in [3.05, 3.63) is 86.8 Å². The van der Waals surface area contributed by atoms with Gasteiger partial charge in [0.2, 0.25) is 0 Å². The second-order valence-electron chi connectivity index (χ2n) is 8.92. The van der Waals surface area contributed by atoms with Gasteiger partial charge in [0.15, 0.2) is 22.5 Å². The predicted octanol–water partition coefficient (Wildman–Crippen LogP) is 6.09. The molecule has 0 unspecified atom stereocenters. The number of aromatic nitrogens is 3. The molecule has 4 rings (SSSR count). The summed E-state index contributed by atoms with van der Waals surface area (Å²) in [6.07, 6.45) is 1.53. The number of benzene rings is 3. The number of carboxylic acids is 1. The molecule has 3 aromatic carbocycles. The van der Waals surface area contributed by atoms with E-state index in [2.05, 4.69) is 10.2 Å². The maximum Gasteiger partial charge on any atom is 0.342 e. The molecule has 12 nitrogen and oxygen atoms in total. The maximum absolute atomic E-state index is 12.3. The fourth-order valence-electron chi connectivity index (χ4n) is 4.06. The number of nitrogens with zero attached hydrogens (tertiary/aromatic N) is 4. The first-order chi connectivity index (χ1) is 20.8. The van der Waals surface area contributed by atoms with Gasteiger partial charge in [-0.25, -0.2) is 4.79 Å². The summed E-state index contributed by atoms with van der Waals surface area (Å²) in [6, 6.07) is 16.5. The van der Waals surface area contributed by atoms with Gasteiger partial charge in [0.05, 0.1) is 25.7 Å². The van der Waals surface area contributed by atoms with Gasteiger partial charge in [-0.15, -0.1) is 10.2 Å². The van der Waals surface area contributed by atoms with E-state index in [-0.39, 0.29) is 17.2 Å². The average molecular weight is 607 g/mol. The molecule has 4 aromatic rings. The van der Waals surface area contributed by atoms with Crippen LogP contribution in [0, 0.1) is 10.1 Å². The monoisotopic (exact) mass is 606 g/mol. The first-order valence-corrected chi connectivity index (χ1v) is 14.0. The van der Waals surface area contributed by atoms with Gasteiger partial charge < -0.3 is 28.6 Å². The van der Waals surface area contributed by atoms with Crippen LogP contribution >= 0.6 is 11.8 Å². The van der Waals surface area contributed by atoms with Gasteiger partial charge in [-0.1, -0.05) is 6.07 Å². The minimum atomic E-state index is -1.13. The average Bonchev–Trinajstić information content (AvgIpc) is 3.42. The number of non-ortho nitro benzene ring substituents is 1.